The molecule has 0 saturated carbocycles. The standard InChI is InChI=1S/C22H24N4O4/c1-30-25-18-11-19(12-21(28)24-13-20(23)27)26(14-18)22(29)17-9-7-16(8-10-17)15-5-3-2-4-6-15/h2-10,19H,11-14H2,1H3,(H2,23,27)(H,24,28)/t19-/m0/s1. The summed E-state index contributed by atoms with van der Waals surface area (Å²) in [6.45, 7) is 0.0420. The van der Waals surface area contributed by atoms with E-state index < -0.39 is 5.91 Å². The second-order valence-corrected chi connectivity index (χ2v) is 7.02. The van der Waals surface area contributed by atoms with Crippen LogP contribution in [0.5, 0.6) is 0 Å². The average molecular weight is 408 g/mol. The lowest BCUT2D eigenvalue weighted by atomic mass is 10.0. The van der Waals surface area contributed by atoms with E-state index in [2.05, 4.69) is 10.5 Å². The zero-order valence-corrected chi connectivity index (χ0v) is 16.7. The molecule has 30 heavy (non-hydrogen) atoms. The lowest BCUT2D eigenvalue weighted by Gasteiger charge is -2.24. The number of amides is 3. The Balaban J connectivity index is 1.74. The third kappa shape index (κ3) is 5.22. The van der Waals surface area contributed by atoms with Gasteiger partial charge in [-0.2, -0.15) is 0 Å². The van der Waals surface area contributed by atoms with Crippen LogP contribution in [0, 0.1) is 0 Å². The molecule has 1 heterocycles. The van der Waals surface area contributed by atoms with Crippen molar-refractivity contribution in [3.05, 3.63) is 60.2 Å². The molecule has 0 radical (unpaired) electrons. The van der Waals surface area contributed by atoms with Crippen LogP contribution in [0.2, 0.25) is 0 Å². The highest BCUT2D eigenvalue weighted by molar-refractivity contribution is 6.01. The summed E-state index contributed by atoms with van der Waals surface area (Å²) in [5.74, 6) is -1.17. The maximum Gasteiger partial charge on any atom is 0.254 e. The van der Waals surface area contributed by atoms with Gasteiger partial charge in [-0.05, 0) is 23.3 Å². The van der Waals surface area contributed by atoms with E-state index in [0.29, 0.717) is 17.7 Å². The quantitative estimate of drug-likeness (QED) is 0.677. The number of rotatable bonds is 7. The average Bonchev–Trinajstić information content (AvgIpc) is 3.15. The van der Waals surface area contributed by atoms with Gasteiger partial charge in [0, 0.05) is 24.4 Å². The van der Waals surface area contributed by atoms with Gasteiger partial charge in [0.25, 0.3) is 5.91 Å². The van der Waals surface area contributed by atoms with Gasteiger partial charge in [0.2, 0.25) is 11.8 Å². The maximum atomic E-state index is 13.1. The van der Waals surface area contributed by atoms with Crippen molar-refractivity contribution in [1.29, 1.82) is 0 Å². The van der Waals surface area contributed by atoms with Gasteiger partial charge in [0.05, 0.1) is 18.8 Å². The Morgan fingerprint density at radius 1 is 1.10 bits per heavy atom. The fourth-order valence-corrected chi connectivity index (χ4v) is 3.46. The predicted molar refractivity (Wildman–Crippen MR) is 113 cm³/mol. The lowest BCUT2D eigenvalue weighted by molar-refractivity contribution is -0.125. The summed E-state index contributed by atoms with van der Waals surface area (Å²) < 4.78 is 0. The Labute approximate surface area is 174 Å². The molecule has 0 aliphatic carbocycles. The van der Waals surface area contributed by atoms with Crippen molar-refractivity contribution in [2.75, 3.05) is 20.2 Å². The first kappa shape index (κ1) is 21.0. The van der Waals surface area contributed by atoms with Crippen molar-refractivity contribution in [2.24, 2.45) is 10.9 Å². The number of nitrogens with zero attached hydrogens (tertiary/aromatic N) is 2. The van der Waals surface area contributed by atoms with Crippen molar-refractivity contribution in [3.8, 4) is 11.1 Å². The molecule has 0 spiro atoms. The Morgan fingerprint density at radius 2 is 1.77 bits per heavy atom. The molecule has 1 atom stereocenters. The minimum Gasteiger partial charge on any atom is -0.399 e. The van der Waals surface area contributed by atoms with E-state index >= 15 is 0 Å². The number of nitrogens with two attached hydrogens (primary N) is 1. The number of hydrogen-bond donors (Lipinski definition) is 2. The van der Waals surface area contributed by atoms with Gasteiger partial charge >= 0.3 is 0 Å². The van der Waals surface area contributed by atoms with Gasteiger partial charge in [-0.25, -0.2) is 0 Å². The number of nitrogens with one attached hydrogen (secondary N) is 1. The first-order valence-corrected chi connectivity index (χ1v) is 9.58. The fraction of sp³-hybridized carbons (Fsp3) is 0.273. The first-order valence-electron chi connectivity index (χ1n) is 9.58. The number of carbonyl (C=O) groups is 3. The summed E-state index contributed by atoms with van der Waals surface area (Å²) in [7, 11) is 1.44. The highest BCUT2D eigenvalue weighted by Crippen LogP contribution is 2.24. The maximum absolute atomic E-state index is 13.1. The summed E-state index contributed by atoms with van der Waals surface area (Å²) in [4.78, 5) is 42.6. The Hall–Kier alpha value is -3.68. The zero-order chi connectivity index (χ0) is 21.5. The first-order chi connectivity index (χ1) is 14.5. The number of hydrogen-bond acceptors (Lipinski definition) is 5. The third-order valence-corrected chi connectivity index (χ3v) is 4.87. The molecule has 0 unspecified atom stereocenters. The smallest absolute Gasteiger partial charge is 0.254 e. The van der Waals surface area contributed by atoms with Gasteiger partial charge < -0.3 is 20.8 Å². The van der Waals surface area contributed by atoms with E-state index in [1.807, 2.05) is 42.5 Å². The molecule has 1 aliphatic heterocycles. The molecular weight excluding hydrogens is 384 g/mol. The van der Waals surface area contributed by atoms with Gasteiger partial charge in [-0.1, -0.05) is 47.6 Å². The summed E-state index contributed by atoms with van der Waals surface area (Å²) >= 11 is 0. The van der Waals surface area contributed by atoms with Crippen LogP contribution in [0.1, 0.15) is 23.2 Å². The molecule has 1 saturated heterocycles. The molecule has 3 rings (SSSR count). The number of primary amides is 1. The normalized spacial score (nSPS) is 17.0. The molecule has 2 aromatic rings. The van der Waals surface area contributed by atoms with E-state index in [4.69, 9.17) is 10.6 Å². The van der Waals surface area contributed by atoms with Crippen LogP contribution in [-0.4, -0.2) is 54.6 Å². The van der Waals surface area contributed by atoms with Crippen LogP contribution >= 0.6 is 0 Å². The molecule has 0 bridgehead atoms. The second-order valence-electron chi connectivity index (χ2n) is 7.02. The lowest BCUT2D eigenvalue weighted by Crippen LogP contribution is -2.40. The Kier molecular flexibility index (Phi) is 6.79. The highest BCUT2D eigenvalue weighted by atomic mass is 16.6. The summed E-state index contributed by atoms with van der Waals surface area (Å²) in [5.41, 5.74) is 8.34. The van der Waals surface area contributed by atoms with Crippen molar-refractivity contribution in [2.45, 2.75) is 18.9 Å². The molecular formula is C22H24N4O4. The van der Waals surface area contributed by atoms with E-state index in [-0.39, 0.29) is 37.4 Å². The van der Waals surface area contributed by atoms with E-state index in [1.165, 1.54) is 7.11 Å². The third-order valence-electron chi connectivity index (χ3n) is 4.87. The summed E-state index contributed by atoms with van der Waals surface area (Å²) in [5, 5.41) is 6.41. The van der Waals surface area contributed by atoms with Crippen molar-refractivity contribution >= 4 is 23.4 Å². The van der Waals surface area contributed by atoms with E-state index in [1.54, 1.807) is 17.0 Å². The monoisotopic (exact) mass is 408 g/mol. The Bertz CT molecular complexity index is 941. The largest absolute Gasteiger partial charge is 0.399 e. The SMILES string of the molecule is CON=C1C[C@@H](CC(=O)NCC(N)=O)N(C(=O)c2ccc(-c3ccccc3)cc2)C1. The molecule has 156 valence electrons. The molecule has 1 fully saturated rings. The molecule has 8 nitrogen and oxygen atoms in total. The van der Waals surface area contributed by atoms with E-state index in [0.717, 1.165) is 11.1 Å². The molecule has 8 heteroatoms. The number of carbonyl (C=O) groups excluding carboxylic acids is 3. The van der Waals surface area contributed by atoms with Crippen LogP contribution in [0.3, 0.4) is 0 Å². The van der Waals surface area contributed by atoms with Gasteiger partial charge in [0.15, 0.2) is 0 Å². The molecule has 0 aromatic heterocycles. The van der Waals surface area contributed by atoms with E-state index in [9.17, 15) is 14.4 Å². The van der Waals surface area contributed by atoms with Crippen LogP contribution in [-0.2, 0) is 14.4 Å². The topological polar surface area (TPSA) is 114 Å². The number of benzene rings is 2. The predicted octanol–water partition coefficient (Wildman–Crippen LogP) is 1.56. The van der Waals surface area contributed by atoms with Gasteiger partial charge in [-0.15, -0.1) is 0 Å². The van der Waals surface area contributed by atoms with Gasteiger partial charge in [-0.3, -0.25) is 14.4 Å². The van der Waals surface area contributed by atoms with Crippen LogP contribution < -0.4 is 11.1 Å². The van der Waals surface area contributed by atoms with Crippen molar-refractivity contribution < 1.29 is 19.2 Å². The van der Waals surface area contributed by atoms with Crippen LogP contribution in [0.4, 0.5) is 0 Å². The summed E-state index contributed by atoms with van der Waals surface area (Å²) in [6, 6.07) is 16.9. The molecule has 3 N–H and O–H groups in total. The minimum atomic E-state index is -0.622. The van der Waals surface area contributed by atoms with Crippen molar-refractivity contribution in [3.63, 3.8) is 0 Å². The minimum absolute atomic E-state index is 0.0455. The number of likely N-dealkylation sites (tertiary alicyclic amines) is 1. The fourth-order valence-electron chi connectivity index (χ4n) is 3.46. The highest BCUT2D eigenvalue weighted by Gasteiger charge is 2.35. The Morgan fingerprint density at radius 3 is 2.40 bits per heavy atom. The second kappa shape index (κ2) is 9.69. The van der Waals surface area contributed by atoms with Crippen molar-refractivity contribution in [1.82, 2.24) is 10.2 Å². The zero-order valence-electron chi connectivity index (χ0n) is 16.7. The molecule has 3 amide bonds. The number of oxime groups is 1. The van der Waals surface area contributed by atoms with Crippen LogP contribution in [0.25, 0.3) is 11.1 Å². The van der Waals surface area contributed by atoms with Gasteiger partial charge in [0.1, 0.15) is 7.11 Å². The summed E-state index contributed by atoms with van der Waals surface area (Å²) in [6.07, 6.45) is 0.468. The molecule has 2 aromatic carbocycles. The van der Waals surface area contributed by atoms with Crippen LogP contribution in [0.15, 0.2) is 59.8 Å². The molecule has 1 aliphatic rings.